The summed E-state index contributed by atoms with van der Waals surface area (Å²) in [6, 6.07) is 9.23. The van der Waals surface area contributed by atoms with Crippen LogP contribution in [0.4, 0.5) is 16.6 Å². The molecule has 0 spiro atoms. The average molecular weight is 366 g/mol. The number of nitrogens with two attached hydrogens (primary N) is 1. The molecule has 0 unspecified atom stereocenters. The number of nitrogens with zero attached hydrogens (tertiary/aromatic N) is 4. The Kier molecular flexibility index (Phi) is 4.20. The van der Waals surface area contributed by atoms with E-state index in [0.717, 1.165) is 16.0 Å². The van der Waals surface area contributed by atoms with Crippen LogP contribution in [0, 0.1) is 0 Å². The van der Waals surface area contributed by atoms with Gasteiger partial charge < -0.3 is 20.5 Å². The number of hydrogen-bond acceptors (Lipinski definition) is 9. The van der Waals surface area contributed by atoms with Gasteiger partial charge in [-0.2, -0.15) is 4.98 Å². The summed E-state index contributed by atoms with van der Waals surface area (Å²) in [4.78, 5) is 16.8. The van der Waals surface area contributed by atoms with Crippen LogP contribution in [-0.4, -0.2) is 27.0 Å². The SMILES string of the molecule is COc1ccc2nc(Nc3ncnc(Oc4cccnc4)c3N)sc2c1. The van der Waals surface area contributed by atoms with E-state index < -0.39 is 0 Å². The van der Waals surface area contributed by atoms with Crippen LogP contribution in [-0.2, 0) is 0 Å². The lowest BCUT2D eigenvalue weighted by Gasteiger charge is -2.09. The van der Waals surface area contributed by atoms with Gasteiger partial charge in [0.15, 0.2) is 10.9 Å². The van der Waals surface area contributed by atoms with Gasteiger partial charge in [-0.1, -0.05) is 11.3 Å². The van der Waals surface area contributed by atoms with E-state index in [0.29, 0.717) is 16.7 Å². The Labute approximate surface area is 152 Å². The van der Waals surface area contributed by atoms with Crippen molar-refractivity contribution >= 4 is 38.2 Å². The third-order valence-corrected chi connectivity index (χ3v) is 4.45. The second-order valence-corrected chi connectivity index (χ2v) is 6.24. The lowest BCUT2D eigenvalue weighted by atomic mass is 10.3. The van der Waals surface area contributed by atoms with E-state index in [1.807, 2.05) is 18.2 Å². The third-order valence-electron chi connectivity index (χ3n) is 3.52. The van der Waals surface area contributed by atoms with Crippen molar-refractivity contribution in [3.63, 3.8) is 0 Å². The molecule has 26 heavy (non-hydrogen) atoms. The Morgan fingerprint density at radius 2 is 2.08 bits per heavy atom. The Bertz CT molecular complexity index is 1050. The van der Waals surface area contributed by atoms with Crippen LogP contribution in [0.1, 0.15) is 0 Å². The first-order chi connectivity index (χ1) is 12.7. The second-order valence-electron chi connectivity index (χ2n) is 5.21. The Morgan fingerprint density at radius 1 is 1.15 bits per heavy atom. The lowest BCUT2D eigenvalue weighted by molar-refractivity contribution is 0.415. The molecule has 3 N–H and O–H groups in total. The minimum absolute atomic E-state index is 0.248. The molecule has 0 aliphatic carbocycles. The van der Waals surface area contributed by atoms with E-state index in [9.17, 15) is 0 Å². The topological polar surface area (TPSA) is 108 Å². The number of ether oxygens (including phenoxy) is 2. The van der Waals surface area contributed by atoms with Crippen LogP contribution in [0.5, 0.6) is 17.4 Å². The molecule has 0 aliphatic heterocycles. The largest absolute Gasteiger partial charge is 0.497 e. The van der Waals surface area contributed by atoms with Gasteiger partial charge in [-0.05, 0) is 30.3 Å². The zero-order chi connectivity index (χ0) is 17.9. The highest BCUT2D eigenvalue weighted by Crippen LogP contribution is 2.34. The lowest BCUT2D eigenvalue weighted by Crippen LogP contribution is -2.03. The first-order valence-corrected chi connectivity index (χ1v) is 8.44. The van der Waals surface area contributed by atoms with Gasteiger partial charge in [0.2, 0.25) is 5.88 Å². The second kappa shape index (κ2) is 6.81. The molecule has 4 rings (SSSR count). The number of pyridine rings is 1. The molecule has 1 aromatic carbocycles. The number of anilines is 3. The number of aromatic nitrogens is 4. The molecule has 0 fully saturated rings. The van der Waals surface area contributed by atoms with Crippen LogP contribution in [0.15, 0.2) is 49.1 Å². The Morgan fingerprint density at radius 3 is 2.88 bits per heavy atom. The highest BCUT2D eigenvalue weighted by atomic mass is 32.1. The molecule has 8 nitrogen and oxygen atoms in total. The van der Waals surface area contributed by atoms with Gasteiger partial charge in [-0.25, -0.2) is 9.97 Å². The van der Waals surface area contributed by atoms with Crippen LogP contribution < -0.4 is 20.5 Å². The first kappa shape index (κ1) is 16.0. The highest BCUT2D eigenvalue weighted by molar-refractivity contribution is 7.22. The van der Waals surface area contributed by atoms with Gasteiger partial charge in [0.1, 0.15) is 23.5 Å². The zero-order valence-corrected chi connectivity index (χ0v) is 14.5. The predicted octanol–water partition coefficient (Wildman–Crippen LogP) is 3.61. The molecule has 0 amide bonds. The number of thiazole rings is 1. The smallest absolute Gasteiger partial charge is 0.248 e. The predicted molar refractivity (Wildman–Crippen MR) is 100 cm³/mol. The highest BCUT2D eigenvalue weighted by Gasteiger charge is 2.13. The maximum absolute atomic E-state index is 6.14. The number of nitrogens with one attached hydrogen (secondary N) is 1. The molecule has 3 heterocycles. The number of hydrogen-bond donors (Lipinski definition) is 2. The molecule has 0 bridgehead atoms. The van der Waals surface area contributed by atoms with Gasteiger partial charge in [0.05, 0.1) is 23.5 Å². The molecule has 0 saturated carbocycles. The van der Waals surface area contributed by atoms with Crippen LogP contribution in [0.3, 0.4) is 0 Å². The van der Waals surface area contributed by atoms with Gasteiger partial charge >= 0.3 is 0 Å². The van der Waals surface area contributed by atoms with Crippen molar-refractivity contribution in [2.24, 2.45) is 0 Å². The van der Waals surface area contributed by atoms with Crippen LogP contribution >= 0.6 is 11.3 Å². The molecule has 0 atom stereocenters. The molecular weight excluding hydrogens is 352 g/mol. The molecule has 9 heteroatoms. The molecular formula is C17H14N6O2S. The Balaban J connectivity index is 1.61. The summed E-state index contributed by atoms with van der Waals surface area (Å²) in [5, 5.41) is 3.78. The summed E-state index contributed by atoms with van der Waals surface area (Å²) in [5.74, 6) is 1.99. The third kappa shape index (κ3) is 3.20. The van der Waals surface area contributed by atoms with E-state index in [4.69, 9.17) is 15.2 Å². The summed E-state index contributed by atoms with van der Waals surface area (Å²) in [5.41, 5.74) is 7.29. The van der Waals surface area contributed by atoms with Crippen LogP contribution in [0.25, 0.3) is 10.2 Å². The summed E-state index contributed by atoms with van der Waals surface area (Å²) >= 11 is 1.47. The fourth-order valence-electron chi connectivity index (χ4n) is 2.27. The normalized spacial score (nSPS) is 10.7. The van der Waals surface area contributed by atoms with E-state index in [1.165, 1.54) is 17.7 Å². The quantitative estimate of drug-likeness (QED) is 0.551. The fraction of sp³-hybridized carbons (Fsp3) is 0.0588. The minimum Gasteiger partial charge on any atom is -0.497 e. The van der Waals surface area contributed by atoms with Crippen molar-refractivity contribution in [2.45, 2.75) is 0 Å². The van der Waals surface area contributed by atoms with Crippen molar-refractivity contribution in [1.29, 1.82) is 0 Å². The number of methoxy groups -OCH3 is 1. The van der Waals surface area contributed by atoms with E-state index in [-0.39, 0.29) is 11.6 Å². The van der Waals surface area contributed by atoms with Crippen molar-refractivity contribution in [3.05, 3.63) is 49.1 Å². The standard InChI is InChI=1S/C17H14N6O2S/c1-24-10-4-5-12-13(7-10)26-17(22-12)23-15-14(18)16(21-9-20-15)25-11-3-2-6-19-8-11/h2-9H,18H2,1H3,(H,20,21,22,23). The molecule has 130 valence electrons. The summed E-state index contributed by atoms with van der Waals surface area (Å²) in [7, 11) is 1.63. The van der Waals surface area contributed by atoms with E-state index in [1.54, 1.807) is 31.6 Å². The van der Waals surface area contributed by atoms with Crippen molar-refractivity contribution in [1.82, 2.24) is 19.9 Å². The molecule has 0 saturated heterocycles. The molecule has 0 aliphatic rings. The fourth-order valence-corrected chi connectivity index (χ4v) is 3.16. The summed E-state index contributed by atoms with van der Waals surface area (Å²) in [6.07, 6.45) is 4.61. The van der Waals surface area contributed by atoms with Crippen molar-refractivity contribution in [2.75, 3.05) is 18.2 Å². The van der Waals surface area contributed by atoms with Gasteiger partial charge in [-0.3, -0.25) is 4.98 Å². The van der Waals surface area contributed by atoms with E-state index >= 15 is 0 Å². The number of nitrogen functional groups attached to an aromatic ring is 1. The van der Waals surface area contributed by atoms with Crippen molar-refractivity contribution in [3.8, 4) is 17.4 Å². The number of fused-ring (bicyclic) bond motifs is 1. The van der Waals surface area contributed by atoms with E-state index in [2.05, 4.69) is 25.3 Å². The maximum Gasteiger partial charge on any atom is 0.248 e. The monoisotopic (exact) mass is 366 g/mol. The zero-order valence-electron chi connectivity index (χ0n) is 13.7. The number of rotatable bonds is 5. The summed E-state index contributed by atoms with van der Waals surface area (Å²) < 4.78 is 11.9. The molecule has 0 radical (unpaired) electrons. The van der Waals surface area contributed by atoms with Crippen LogP contribution in [0.2, 0.25) is 0 Å². The Hall–Kier alpha value is -3.46. The summed E-state index contributed by atoms with van der Waals surface area (Å²) in [6.45, 7) is 0. The minimum atomic E-state index is 0.248. The van der Waals surface area contributed by atoms with Gasteiger partial charge in [0.25, 0.3) is 0 Å². The van der Waals surface area contributed by atoms with Gasteiger partial charge in [0, 0.05) is 6.20 Å². The molecule has 3 aromatic heterocycles. The van der Waals surface area contributed by atoms with Gasteiger partial charge in [-0.15, -0.1) is 0 Å². The average Bonchev–Trinajstić information content (AvgIpc) is 3.07. The number of benzene rings is 1. The molecule has 4 aromatic rings. The first-order valence-electron chi connectivity index (χ1n) is 7.63. The maximum atomic E-state index is 6.14. The van der Waals surface area contributed by atoms with Crippen molar-refractivity contribution < 1.29 is 9.47 Å².